The molecule has 0 spiro atoms. The number of allylic oxidation sites excluding steroid dienone is 1. The van der Waals surface area contributed by atoms with Crippen molar-refractivity contribution in [3.8, 4) is 5.75 Å². The lowest BCUT2D eigenvalue weighted by molar-refractivity contribution is 0.104. The summed E-state index contributed by atoms with van der Waals surface area (Å²) in [7, 11) is 5.66. The number of carbonyl (C=O) groups excluding carboxylic acids is 1. The van der Waals surface area contributed by atoms with Crippen LogP contribution in [0.15, 0.2) is 54.6 Å². The van der Waals surface area contributed by atoms with E-state index in [1.165, 1.54) is 0 Å². The molecule has 0 aliphatic rings. The zero-order valence-corrected chi connectivity index (χ0v) is 15.2. The normalized spacial score (nSPS) is 11.2. The number of nitrogens with one attached hydrogen (secondary N) is 1. The number of likely N-dealkylation sites (N-methyl/N-ethyl adjacent to an activating group) is 2. The molecule has 0 amide bonds. The van der Waals surface area contributed by atoms with E-state index in [0.717, 1.165) is 36.5 Å². The van der Waals surface area contributed by atoms with E-state index in [1.54, 1.807) is 13.2 Å². The lowest BCUT2D eigenvalue weighted by atomic mass is 10.1. The highest BCUT2D eigenvalue weighted by atomic mass is 16.5. The Morgan fingerprint density at radius 3 is 2.64 bits per heavy atom. The largest absolute Gasteiger partial charge is 0.497 e. The molecule has 0 radical (unpaired) electrons. The number of rotatable bonds is 9. The number of benzene rings is 2. The van der Waals surface area contributed by atoms with E-state index in [2.05, 4.69) is 23.3 Å². The van der Waals surface area contributed by atoms with E-state index in [0.29, 0.717) is 5.56 Å². The Morgan fingerprint density at radius 2 is 1.96 bits per heavy atom. The molecule has 1 N–H and O–H groups in total. The zero-order chi connectivity index (χ0) is 18.1. The number of carbonyl (C=O) groups is 1. The van der Waals surface area contributed by atoms with E-state index in [4.69, 9.17) is 4.74 Å². The Kier molecular flexibility index (Phi) is 7.38. The quantitative estimate of drug-likeness (QED) is 0.563. The van der Waals surface area contributed by atoms with Crippen LogP contribution >= 0.6 is 0 Å². The van der Waals surface area contributed by atoms with E-state index < -0.39 is 0 Å². The first-order valence-corrected chi connectivity index (χ1v) is 8.41. The van der Waals surface area contributed by atoms with Gasteiger partial charge < -0.3 is 15.0 Å². The first-order valence-electron chi connectivity index (χ1n) is 8.41. The molecule has 4 heteroatoms. The molecule has 4 nitrogen and oxygen atoms in total. The zero-order valence-electron chi connectivity index (χ0n) is 15.2. The molecule has 0 bridgehead atoms. The maximum atomic E-state index is 12.4. The number of nitrogens with zero attached hydrogens (tertiary/aromatic N) is 1. The summed E-state index contributed by atoms with van der Waals surface area (Å²) in [4.78, 5) is 14.6. The van der Waals surface area contributed by atoms with Crippen molar-refractivity contribution in [2.24, 2.45) is 0 Å². The topological polar surface area (TPSA) is 41.6 Å². The third kappa shape index (κ3) is 6.18. The fraction of sp³-hybridized carbons (Fsp3) is 0.286. The SMILES string of the molecule is CNCCN(C)Cc1cccc(C(=O)/C=C/c2ccc(OC)cc2)c1. The van der Waals surface area contributed by atoms with Gasteiger partial charge in [-0.2, -0.15) is 0 Å². The molecule has 2 aromatic rings. The summed E-state index contributed by atoms with van der Waals surface area (Å²) in [6.45, 7) is 2.73. The fourth-order valence-electron chi connectivity index (χ4n) is 2.50. The minimum absolute atomic E-state index is 0.00976. The van der Waals surface area contributed by atoms with Crippen LogP contribution < -0.4 is 10.1 Å². The van der Waals surface area contributed by atoms with Gasteiger partial charge >= 0.3 is 0 Å². The van der Waals surface area contributed by atoms with Crippen LogP contribution in [0, 0.1) is 0 Å². The van der Waals surface area contributed by atoms with Crippen LogP contribution in [-0.2, 0) is 6.54 Å². The lowest BCUT2D eigenvalue weighted by Gasteiger charge is -2.16. The van der Waals surface area contributed by atoms with E-state index >= 15 is 0 Å². The molecule has 25 heavy (non-hydrogen) atoms. The summed E-state index contributed by atoms with van der Waals surface area (Å²) < 4.78 is 5.13. The van der Waals surface area contributed by atoms with Crippen molar-refractivity contribution in [3.63, 3.8) is 0 Å². The van der Waals surface area contributed by atoms with Gasteiger partial charge in [0, 0.05) is 25.2 Å². The summed E-state index contributed by atoms with van der Waals surface area (Å²) in [5.41, 5.74) is 2.82. The van der Waals surface area contributed by atoms with Gasteiger partial charge in [-0.25, -0.2) is 0 Å². The van der Waals surface area contributed by atoms with Crippen molar-refractivity contribution in [1.29, 1.82) is 0 Å². The second kappa shape index (κ2) is 9.77. The van der Waals surface area contributed by atoms with Gasteiger partial charge in [-0.05, 0) is 49.5 Å². The third-order valence-electron chi connectivity index (χ3n) is 3.95. The van der Waals surface area contributed by atoms with Crippen molar-refractivity contribution in [2.75, 3.05) is 34.3 Å². The monoisotopic (exact) mass is 338 g/mol. The van der Waals surface area contributed by atoms with Gasteiger partial charge in [-0.3, -0.25) is 4.79 Å². The Labute approximate surface area is 150 Å². The molecule has 0 atom stereocenters. The number of hydrogen-bond acceptors (Lipinski definition) is 4. The number of ether oxygens (including phenoxy) is 1. The van der Waals surface area contributed by atoms with Gasteiger partial charge in [-0.1, -0.05) is 36.4 Å². The Bertz CT molecular complexity index is 708. The van der Waals surface area contributed by atoms with Gasteiger partial charge in [0.2, 0.25) is 0 Å². The van der Waals surface area contributed by atoms with Gasteiger partial charge in [0.25, 0.3) is 0 Å². The molecule has 0 aromatic heterocycles. The highest BCUT2D eigenvalue weighted by Gasteiger charge is 2.05. The van der Waals surface area contributed by atoms with Gasteiger partial charge in [0.05, 0.1) is 7.11 Å². The molecule has 132 valence electrons. The van der Waals surface area contributed by atoms with Crippen LogP contribution in [0.1, 0.15) is 21.5 Å². The maximum absolute atomic E-state index is 12.4. The smallest absolute Gasteiger partial charge is 0.185 e. The Balaban J connectivity index is 2.01. The summed E-state index contributed by atoms with van der Waals surface area (Å²) in [5, 5.41) is 3.14. The molecule has 2 rings (SSSR count). The molecular formula is C21H26N2O2. The van der Waals surface area contributed by atoms with Gasteiger partial charge in [0.1, 0.15) is 5.75 Å². The second-order valence-electron chi connectivity index (χ2n) is 6.01. The molecular weight excluding hydrogens is 312 g/mol. The molecule has 0 fully saturated rings. The number of hydrogen-bond donors (Lipinski definition) is 1. The summed E-state index contributed by atoms with van der Waals surface area (Å²) in [5.74, 6) is 0.814. The minimum Gasteiger partial charge on any atom is -0.497 e. The van der Waals surface area contributed by atoms with Crippen molar-refractivity contribution < 1.29 is 9.53 Å². The Morgan fingerprint density at radius 1 is 1.20 bits per heavy atom. The third-order valence-corrected chi connectivity index (χ3v) is 3.95. The van der Waals surface area contributed by atoms with E-state index in [1.807, 2.05) is 55.6 Å². The first kappa shape index (κ1) is 18.9. The van der Waals surface area contributed by atoms with Crippen LogP contribution in [0.4, 0.5) is 0 Å². The summed E-state index contributed by atoms with van der Waals surface area (Å²) in [6, 6.07) is 15.4. The number of ketones is 1. The molecule has 0 heterocycles. The molecule has 0 unspecified atom stereocenters. The molecule has 2 aromatic carbocycles. The van der Waals surface area contributed by atoms with Crippen molar-refractivity contribution >= 4 is 11.9 Å². The Hall–Kier alpha value is -2.43. The fourth-order valence-corrected chi connectivity index (χ4v) is 2.50. The van der Waals surface area contributed by atoms with Gasteiger partial charge in [0.15, 0.2) is 5.78 Å². The van der Waals surface area contributed by atoms with Crippen LogP contribution in [0.25, 0.3) is 6.08 Å². The van der Waals surface area contributed by atoms with Crippen LogP contribution in [0.2, 0.25) is 0 Å². The predicted molar refractivity (Wildman–Crippen MR) is 103 cm³/mol. The second-order valence-corrected chi connectivity index (χ2v) is 6.01. The van der Waals surface area contributed by atoms with Crippen molar-refractivity contribution in [1.82, 2.24) is 10.2 Å². The molecule has 0 aliphatic carbocycles. The van der Waals surface area contributed by atoms with Crippen LogP contribution in [-0.4, -0.2) is 45.0 Å². The van der Waals surface area contributed by atoms with Crippen LogP contribution in [0.3, 0.4) is 0 Å². The highest BCUT2D eigenvalue weighted by molar-refractivity contribution is 6.06. The van der Waals surface area contributed by atoms with Crippen molar-refractivity contribution in [2.45, 2.75) is 6.54 Å². The predicted octanol–water partition coefficient (Wildman–Crippen LogP) is 3.24. The average molecular weight is 338 g/mol. The van der Waals surface area contributed by atoms with E-state index in [-0.39, 0.29) is 5.78 Å². The molecule has 0 saturated carbocycles. The van der Waals surface area contributed by atoms with Gasteiger partial charge in [-0.15, -0.1) is 0 Å². The first-order chi connectivity index (χ1) is 12.1. The number of methoxy groups -OCH3 is 1. The average Bonchev–Trinajstić information content (AvgIpc) is 2.65. The standard InChI is InChI=1S/C21H26N2O2/c1-22-13-14-23(2)16-18-5-4-6-19(15-18)21(24)12-9-17-7-10-20(25-3)11-8-17/h4-12,15,22H,13-14,16H2,1-3H3/b12-9+. The summed E-state index contributed by atoms with van der Waals surface area (Å²) >= 11 is 0. The maximum Gasteiger partial charge on any atom is 0.185 e. The summed E-state index contributed by atoms with van der Waals surface area (Å²) in [6.07, 6.45) is 3.44. The van der Waals surface area contributed by atoms with Crippen LogP contribution in [0.5, 0.6) is 5.75 Å². The highest BCUT2D eigenvalue weighted by Crippen LogP contribution is 2.14. The van der Waals surface area contributed by atoms with E-state index in [9.17, 15) is 4.79 Å². The molecule has 0 aliphatic heterocycles. The minimum atomic E-state index is 0.00976. The lowest BCUT2D eigenvalue weighted by Crippen LogP contribution is -2.26. The molecule has 0 saturated heterocycles. The van der Waals surface area contributed by atoms with Crippen molar-refractivity contribution in [3.05, 3.63) is 71.3 Å².